The van der Waals surface area contributed by atoms with Crippen LogP contribution in [0.25, 0.3) is 0 Å². The summed E-state index contributed by atoms with van der Waals surface area (Å²) in [7, 11) is -1.71. The van der Waals surface area contributed by atoms with Crippen LogP contribution < -0.4 is 15.9 Å². The largest absolute Gasteiger partial charge is 0.426 e. The number of hydrogen-bond donors (Lipinski definition) is 1. The third-order valence-corrected chi connectivity index (χ3v) is 5.17. The van der Waals surface area contributed by atoms with E-state index in [-0.39, 0.29) is 12.4 Å². The molecule has 4 rings (SSSR count). The molecule has 144 valence electrons. The lowest BCUT2D eigenvalue weighted by molar-refractivity contribution is -0.119. The molecule has 1 saturated heterocycles. The zero-order valence-corrected chi connectivity index (χ0v) is 14.9. The number of halogens is 2. The van der Waals surface area contributed by atoms with E-state index in [1.807, 2.05) is 18.2 Å². The number of para-hydroxylation sites is 1. The van der Waals surface area contributed by atoms with E-state index in [4.69, 9.17) is 24.0 Å². The molecule has 0 aliphatic carbocycles. The second-order valence-corrected chi connectivity index (χ2v) is 7.26. The molecule has 3 unspecified atom stereocenters. The van der Waals surface area contributed by atoms with Crippen LogP contribution in [0, 0.1) is 0 Å². The number of aromatic nitrogens is 2. The van der Waals surface area contributed by atoms with Gasteiger partial charge in [0.2, 0.25) is 6.23 Å². The first-order chi connectivity index (χ1) is 12.9. The predicted molar refractivity (Wildman–Crippen MR) is 91.1 cm³/mol. The van der Waals surface area contributed by atoms with Crippen LogP contribution in [0.5, 0.6) is 5.75 Å². The molecule has 0 spiro atoms. The average Bonchev–Trinajstić information content (AvgIpc) is 2.94. The van der Waals surface area contributed by atoms with E-state index in [2.05, 4.69) is 4.98 Å². The van der Waals surface area contributed by atoms with Crippen LogP contribution in [-0.2, 0) is 20.4 Å². The molecule has 11 heteroatoms. The Labute approximate surface area is 153 Å². The summed E-state index contributed by atoms with van der Waals surface area (Å²) >= 11 is 0. The van der Waals surface area contributed by atoms with Gasteiger partial charge in [0.25, 0.3) is 5.92 Å². The van der Waals surface area contributed by atoms with Gasteiger partial charge in [-0.15, -0.1) is 0 Å². The Morgan fingerprint density at radius 2 is 2.19 bits per heavy atom. The maximum Gasteiger partial charge on any atom is 0.397 e. The Bertz CT molecular complexity index is 896. The van der Waals surface area contributed by atoms with Crippen LogP contribution in [0.4, 0.5) is 14.6 Å². The molecule has 2 aromatic rings. The number of nitrogens with two attached hydrogens (primary N) is 1. The van der Waals surface area contributed by atoms with Gasteiger partial charge in [-0.05, 0) is 12.1 Å². The van der Waals surface area contributed by atoms with E-state index in [0.717, 1.165) is 16.3 Å². The smallest absolute Gasteiger partial charge is 0.397 e. The van der Waals surface area contributed by atoms with Gasteiger partial charge in [-0.3, -0.25) is 13.6 Å². The molecule has 2 N–H and O–H groups in total. The number of ether oxygens (including phenoxy) is 1. The summed E-state index contributed by atoms with van der Waals surface area (Å²) in [6, 6.07) is 8.60. The van der Waals surface area contributed by atoms with E-state index in [1.165, 1.54) is 6.07 Å². The minimum atomic E-state index is -3.26. The first-order valence-electron chi connectivity index (χ1n) is 8.12. The Hall–Kier alpha value is -2.13. The van der Waals surface area contributed by atoms with Crippen molar-refractivity contribution in [1.29, 1.82) is 0 Å². The minimum absolute atomic E-state index is 0.0490. The van der Waals surface area contributed by atoms with Gasteiger partial charge in [0.15, 0.2) is 0 Å². The Morgan fingerprint density at radius 1 is 1.37 bits per heavy atom. The molecule has 8 nitrogen and oxygen atoms in total. The predicted octanol–water partition coefficient (Wildman–Crippen LogP) is 2.60. The fourth-order valence-corrected chi connectivity index (χ4v) is 3.91. The quantitative estimate of drug-likeness (QED) is 0.790. The number of nitrogens with zero attached hydrogens (tertiary/aromatic N) is 2. The van der Waals surface area contributed by atoms with Crippen molar-refractivity contribution in [2.45, 2.75) is 31.3 Å². The summed E-state index contributed by atoms with van der Waals surface area (Å²) in [5.74, 6) is -2.67. The summed E-state index contributed by atoms with van der Waals surface area (Å²) in [4.78, 5) is 15.3. The van der Waals surface area contributed by atoms with Crippen LogP contribution in [0.2, 0.25) is 0 Å². The molecule has 0 saturated carbocycles. The summed E-state index contributed by atoms with van der Waals surface area (Å²) in [6.45, 7) is 0.162. The Kier molecular flexibility index (Phi) is 4.81. The van der Waals surface area contributed by atoms with Crippen LogP contribution in [0.1, 0.15) is 18.2 Å². The molecule has 0 bridgehead atoms. The van der Waals surface area contributed by atoms with E-state index in [1.54, 1.807) is 6.07 Å². The molecular formula is C16H16F2N3O5P. The number of nitrogen functional groups attached to an aromatic ring is 1. The molecular weight excluding hydrogens is 383 g/mol. The van der Waals surface area contributed by atoms with E-state index >= 15 is 0 Å². The van der Waals surface area contributed by atoms with E-state index < -0.39 is 39.0 Å². The van der Waals surface area contributed by atoms with Crippen LogP contribution in [-0.4, -0.2) is 28.2 Å². The normalized spacial score (nSPS) is 26.4. The van der Waals surface area contributed by atoms with Gasteiger partial charge in [0.1, 0.15) is 11.6 Å². The number of rotatable bonds is 4. The molecule has 27 heavy (non-hydrogen) atoms. The fourth-order valence-electron chi connectivity index (χ4n) is 2.85. The summed E-state index contributed by atoms with van der Waals surface area (Å²) in [6.07, 6.45) is -2.16. The maximum absolute atomic E-state index is 14.3. The van der Waals surface area contributed by atoms with Crippen molar-refractivity contribution in [3.8, 4) is 5.75 Å². The van der Waals surface area contributed by atoms with Gasteiger partial charge >= 0.3 is 14.3 Å². The zero-order valence-electron chi connectivity index (χ0n) is 14.0. The van der Waals surface area contributed by atoms with Crippen molar-refractivity contribution in [3.63, 3.8) is 0 Å². The van der Waals surface area contributed by atoms with Crippen molar-refractivity contribution in [1.82, 2.24) is 9.55 Å². The van der Waals surface area contributed by atoms with Crippen molar-refractivity contribution in [2.75, 3.05) is 12.3 Å². The van der Waals surface area contributed by atoms with Gasteiger partial charge < -0.3 is 15.0 Å². The van der Waals surface area contributed by atoms with Crippen molar-refractivity contribution in [3.05, 3.63) is 52.6 Å². The standard InChI is InChI=1S/C16H16F2N3O5P/c17-16(18)7-11(25-14(16)21-6-5-13(19)20-15(21)22)9-24-27-23-8-10-3-1-2-4-12(10)26-27/h1-6,11,14H,7-9H2,(H2,19,20,22). The van der Waals surface area contributed by atoms with Crippen LogP contribution in [0.3, 0.4) is 0 Å². The van der Waals surface area contributed by atoms with Gasteiger partial charge in [0, 0.05) is 18.2 Å². The zero-order chi connectivity index (χ0) is 19.0. The highest BCUT2D eigenvalue weighted by Crippen LogP contribution is 2.48. The lowest BCUT2D eigenvalue weighted by Crippen LogP contribution is -2.35. The molecule has 0 radical (unpaired) electrons. The topological polar surface area (TPSA) is 97.8 Å². The van der Waals surface area contributed by atoms with Crippen LogP contribution >= 0.6 is 8.60 Å². The first-order valence-corrected chi connectivity index (χ1v) is 9.22. The van der Waals surface area contributed by atoms with Crippen molar-refractivity contribution < 1.29 is 27.1 Å². The molecule has 3 atom stereocenters. The molecule has 1 fully saturated rings. The highest BCUT2D eigenvalue weighted by atomic mass is 31.2. The third-order valence-electron chi connectivity index (χ3n) is 4.12. The monoisotopic (exact) mass is 399 g/mol. The number of fused-ring (bicyclic) bond motifs is 1. The molecule has 0 amide bonds. The van der Waals surface area contributed by atoms with Gasteiger partial charge in [-0.1, -0.05) is 18.2 Å². The van der Waals surface area contributed by atoms with E-state index in [9.17, 15) is 13.6 Å². The summed E-state index contributed by atoms with van der Waals surface area (Å²) < 4.78 is 51.3. The Balaban J connectivity index is 1.39. The minimum Gasteiger partial charge on any atom is -0.426 e. The average molecular weight is 399 g/mol. The molecule has 2 aliphatic rings. The van der Waals surface area contributed by atoms with E-state index in [0.29, 0.717) is 12.4 Å². The molecule has 3 heterocycles. The number of alkyl halides is 2. The highest BCUT2D eigenvalue weighted by Gasteiger charge is 2.52. The second kappa shape index (κ2) is 7.12. The SMILES string of the molecule is Nc1ccn(C2OC(COP3OCc4ccccc4O3)CC2(F)F)c(=O)n1. The number of hydrogen-bond acceptors (Lipinski definition) is 7. The maximum atomic E-state index is 14.3. The first kappa shape index (κ1) is 18.2. The second-order valence-electron chi connectivity index (χ2n) is 6.11. The molecule has 2 aliphatic heterocycles. The van der Waals surface area contributed by atoms with Gasteiger partial charge in [-0.25, -0.2) is 13.6 Å². The van der Waals surface area contributed by atoms with Gasteiger partial charge in [-0.2, -0.15) is 4.98 Å². The summed E-state index contributed by atoms with van der Waals surface area (Å²) in [5.41, 5.74) is 5.37. The lowest BCUT2D eigenvalue weighted by Gasteiger charge is -2.24. The Morgan fingerprint density at radius 3 is 3.00 bits per heavy atom. The molecule has 1 aromatic carbocycles. The van der Waals surface area contributed by atoms with Crippen molar-refractivity contribution in [2.24, 2.45) is 0 Å². The molecule has 1 aromatic heterocycles. The summed E-state index contributed by atoms with van der Waals surface area (Å²) in [5, 5.41) is 0. The van der Waals surface area contributed by atoms with Crippen molar-refractivity contribution >= 4 is 14.4 Å². The lowest BCUT2D eigenvalue weighted by atomic mass is 10.2. The van der Waals surface area contributed by atoms with Gasteiger partial charge in [0.05, 0.1) is 19.3 Å². The fraction of sp³-hybridized carbons (Fsp3) is 0.375. The highest BCUT2D eigenvalue weighted by molar-refractivity contribution is 7.42. The third kappa shape index (κ3) is 3.79. The van der Waals surface area contributed by atoms with Crippen LogP contribution in [0.15, 0.2) is 41.3 Å². The number of benzene rings is 1. The number of anilines is 1.